The number of nitrogens with one attached hydrogen (secondary N) is 1. The van der Waals surface area contributed by atoms with E-state index in [-0.39, 0.29) is 38.0 Å². The van der Waals surface area contributed by atoms with Crippen molar-refractivity contribution in [3.05, 3.63) is 95.1 Å². The minimum Gasteiger partial charge on any atom is -0.485 e. The van der Waals surface area contributed by atoms with Crippen LogP contribution in [0.4, 0.5) is 0 Å². The van der Waals surface area contributed by atoms with Crippen molar-refractivity contribution in [1.29, 1.82) is 0 Å². The van der Waals surface area contributed by atoms with E-state index in [9.17, 15) is 13.2 Å². The van der Waals surface area contributed by atoms with Gasteiger partial charge in [0, 0.05) is 24.0 Å². The number of carbonyl (C=O) groups is 1. The Kier molecular flexibility index (Phi) is 7.44. The van der Waals surface area contributed by atoms with Crippen LogP contribution in [0.1, 0.15) is 40.1 Å². The normalized spacial score (nSPS) is 15.1. The maximum Gasteiger partial charge on any atom is 0.304 e. The van der Waals surface area contributed by atoms with Gasteiger partial charge in [-0.2, -0.15) is 12.7 Å². The van der Waals surface area contributed by atoms with E-state index in [1.165, 1.54) is 4.31 Å². The number of carbonyl (C=O) groups excluding carboxylic acids is 1. The molecule has 1 N–H and O–H groups in total. The summed E-state index contributed by atoms with van der Waals surface area (Å²) in [7, 11) is -4.13. The van der Waals surface area contributed by atoms with Crippen LogP contribution in [0.5, 0.6) is 5.75 Å². The fourth-order valence-electron chi connectivity index (χ4n) is 5.26. The zero-order valence-corrected chi connectivity index (χ0v) is 24.4. The first-order valence-electron chi connectivity index (χ1n) is 13.8. The van der Waals surface area contributed by atoms with E-state index in [2.05, 4.69) is 4.72 Å². The number of nitrogens with zero attached hydrogens (tertiary/aromatic N) is 2. The summed E-state index contributed by atoms with van der Waals surface area (Å²) in [5.74, 6) is 0.138. The first-order chi connectivity index (χ1) is 20.2. The number of aromatic nitrogens is 1. The van der Waals surface area contributed by atoms with Gasteiger partial charge in [-0.25, -0.2) is 9.71 Å². The van der Waals surface area contributed by atoms with Crippen molar-refractivity contribution in [2.24, 2.45) is 0 Å². The van der Waals surface area contributed by atoms with E-state index < -0.39 is 16.1 Å². The number of morpholine rings is 1. The highest BCUT2D eigenvalue weighted by Crippen LogP contribution is 2.38. The van der Waals surface area contributed by atoms with Crippen LogP contribution in [0.3, 0.4) is 0 Å². The predicted molar refractivity (Wildman–Crippen MR) is 161 cm³/mol. The summed E-state index contributed by atoms with van der Waals surface area (Å²) in [5.41, 5.74) is 4.36. The van der Waals surface area contributed by atoms with Crippen LogP contribution in [0, 0.1) is 13.8 Å². The Balaban J connectivity index is 1.51. The van der Waals surface area contributed by atoms with Crippen LogP contribution in [0.15, 0.2) is 77.2 Å². The summed E-state index contributed by atoms with van der Waals surface area (Å²) in [6.45, 7) is 6.58. The Morgan fingerprint density at radius 3 is 2.45 bits per heavy atom. The van der Waals surface area contributed by atoms with Crippen LogP contribution in [0.25, 0.3) is 33.3 Å². The largest absolute Gasteiger partial charge is 0.485 e. The molecule has 0 aliphatic carbocycles. The highest BCUT2D eigenvalue weighted by atomic mass is 32.2. The topological polar surface area (TPSA) is 111 Å². The number of rotatable bonds is 7. The van der Waals surface area contributed by atoms with Gasteiger partial charge in [-0.15, -0.1) is 0 Å². The number of aryl methyl sites for hydroxylation is 2. The van der Waals surface area contributed by atoms with Crippen molar-refractivity contribution in [3.63, 3.8) is 0 Å². The van der Waals surface area contributed by atoms with Gasteiger partial charge in [0.25, 0.3) is 5.91 Å². The number of furan rings is 1. The summed E-state index contributed by atoms with van der Waals surface area (Å²) in [6.07, 6.45) is -0.345. The lowest BCUT2D eigenvalue weighted by Crippen LogP contribution is -2.48. The maximum absolute atomic E-state index is 13.9. The van der Waals surface area contributed by atoms with E-state index >= 15 is 0 Å². The molecule has 6 rings (SSSR count). The van der Waals surface area contributed by atoms with Gasteiger partial charge in [0.1, 0.15) is 23.1 Å². The number of pyridine rings is 1. The molecule has 0 spiro atoms. The van der Waals surface area contributed by atoms with E-state index in [4.69, 9.17) is 18.9 Å². The van der Waals surface area contributed by atoms with Gasteiger partial charge >= 0.3 is 10.2 Å². The summed E-state index contributed by atoms with van der Waals surface area (Å²) < 4.78 is 47.8. The summed E-state index contributed by atoms with van der Waals surface area (Å²) in [5, 5.41) is 1.35. The molecule has 0 radical (unpaired) electrons. The smallest absolute Gasteiger partial charge is 0.304 e. The monoisotopic (exact) mass is 585 g/mol. The second kappa shape index (κ2) is 11.2. The lowest BCUT2D eigenvalue weighted by Gasteiger charge is -2.26. The molecule has 0 saturated carbocycles. The zero-order chi connectivity index (χ0) is 29.4. The third kappa shape index (κ3) is 5.24. The second-order valence-electron chi connectivity index (χ2n) is 10.3. The minimum atomic E-state index is -4.13. The molecule has 42 heavy (non-hydrogen) atoms. The molecule has 2 aromatic heterocycles. The fourth-order valence-corrected chi connectivity index (χ4v) is 6.36. The van der Waals surface area contributed by atoms with E-state index in [0.29, 0.717) is 33.7 Å². The molecular formula is C32H31N3O6S. The van der Waals surface area contributed by atoms with Crippen molar-refractivity contribution in [1.82, 2.24) is 14.0 Å². The number of ether oxygens (including phenoxy) is 2. The summed E-state index contributed by atoms with van der Waals surface area (Å²) in [4.78, 5) is 18.9. The van der Waals surface area contributed by atoms with Crippen LogP contribution in [0.2, 0.25) is 0 Å². The molecule has 1 aliphatic heterocycles. The molecule has 3 heterocycles. The number of hydrogen-bond acceptors (Lipinski definition) is 7. The number of amides is 1. The molecule has 1 aliphatic rings. The van der Waals surface area contributed by atoms with Crippen LogP contribution in [-0.4, -0.2) is 49.9 Å². The van der Waals surface area contributed by atoms with Gasteiger partial charge in [-0.05, 0) is 50.1 Å². The van der Waals surface area contributed by atoms with Crippen LogP contribution in [-0.2, 0) is 14.9 Å². The van der Waals surface area contributed by atoms with Crippen molar-refractivity contribution in [2.45, 2.75) is 26.9 Å². The quantitative estimate of drug-likeness (QED) is 0.260. The van der Waals surface area contributed by atoms with Crippen molar-refractivity contribution < 1.29 is 27.1 Å². The first-order valence-corrected chi connectivity index (χ1v) is 15.2. The zero-order valence-electron chi connectivity index (χ0n) is 23.6. The Morgan fingerprint density at radius 2 is 1.71 bits per heavy atom. The Bertz CT molecular complexity index is 1900. The van der Waals surface area contributed by atoms with E-state index in [1.54, 1.807) is 12.1 Å². The molecule has 5 aromatic rings. The van der Waals surface area contributed by atoms with Crippen LogP contribution < -0.4 is 9.46 Å². The molecule has 0 bridgehead atoms. The van der Waals surface area contributed by atoms with Gasteiger partial charge in [-0.3, -0.25) is 4.79 Å². The molecule has 1 saturated heterocycles. The average molecular weight is 586 g/mol. The van der Waals surface area contributed by atoms with Crippen molar-refractivity contribution >= 4 is 38.0 Å². The van der Waals surface area contributed by atoms with Crippen molar-refractivity contribution in [3.8, 4) is 17.2 Å². The summed E-state index contributed by atoms with van der Waals surface area (Å²) >= 11 is 0. The first kappa shape index (κ1) is 27.9. The highest BCUT2D eigenvalue weighted by molar-refractivity contribution is 7.87. The Morgan fingerprint density at radius 1 is 1.00 bits per heavy atom. The minimum absolute atomic E-state index is 0.116. The molecule has 9 nitrogen and oxygen atoms in total. The molecule has 1 amide bonds. The maximum atomic E-state index is 13.9. The number of fused-ring (bicyclic) bond motifs is 2. The van der Waals surface area contributed by atoms with Gasteiger partial charge < -0.3 is 13.9 Å². The third-order valence-electron chi connectivity index (χ3n) is 7.55. The highest BCUT2D eigenvalue weighted by Gasteiger charge is 2.29. The standard InChI is InChI=1S/C32H31N3O6S/c1-20-13-14-28(40-22(3)23-9-5-4-6-10-23)29-25(32(36)34-42(37,38)35-15-17-39-18-16-35)19-26(33-30(20)29)31-21(2)24-11-7-8-12-27(24)41-31/h4-14,19,22H,15-18H2,1-3H3,(H,34,36)/t22-/m1/s1. The number of para-hydroxylation sites is 1. The summed E-state index contributed by atoms with van der Waals surface area (Å²) in [6, 6.07) is 22.6. The lowest BCUT2D eigenvalue weighted by molar-refractivity contribution is 0.0719. The molecular weight excluding hydrogens is 554 g/mol. The SMILES string of the molecule is Cc1c(-c2cc(C(=O)NS(=O)(=O)N3CCOCC3)c3c(O[C@H](C)c4ccccc4)ccc(C)c3n2)oc2ccccc12. The van der Waals surface area contributed by atoms with Gasteiger partial charge in [0.15, 0.2) is 5.76 Å². The third-order valence-corrected chi connectivity index (χ3v) is 9.04. The van der Waals surface area contributed by atoms with E-state index in [0.717, 1.165) is 22.1 Å². The fraction of sp³-hybridized carbons (Fsp3) is 0.250. The number of benzene rings is 3. The average Bonchev–Trinajstić information content (AvgIpc) is 3.35. The molecule has 3 aromatic carbocycles. The Labute approximate surface area is 244 Å². The number of hydrogen-bond donors (Lipinski definition) is 1. The molecule has 0 unspecified atom stereocenters. The predicted octanol–water partition coefficient (Wildman–Crippen LogP) is 5.71. The van der Waals surface area contributed by atoms with Crippen LogP contribution >= 0.6 is 0 Å². The van der Waals surface area contributed by atoms with Gasteiger partial charge in [0.05, 0.1) is 29.7 Å². The molecule has 1 atom stereocenters. The molecule has 1 fully saturated rings. The lowest BCUT2D eigenvalue weighted by atomic mass is 10.0. The van der Waals surface area contributed by atoms with Gasteiger partial charge in [0.2, 0.25) is 0 Å². The Hall–Kier alpha value is -4.25. The molecule has 216 valence electrons. The second-order valence-corrected chi connectivity index (χ2v) is 12.0. The van der Waals surface area contributed by atoms with Gasteiger partial charge in [-0.1, -0.05) is 54.6 Å². The molecule has 10 heteroatoms. The van der Waals surface area contributed by atoms with E-state index in [1.807, 2.05) is 81.4 Å². The van der Waals surface area contributed by atoms with Crippen molar-refractivity contribution in [2.75, 3.05) is 26.3 Å².